The van der Waals surface area contributed by atoms with E-state index < -0.39 is 16.1 Å². The van der Waals surface area contributed by atoms with Crippen LogP contribution in [0.5, 0.6) is 0 Å². The van der Waals surface area contributed by atoms with Crippen LogP contribution >= 0.6 is 22.9 Å². The third-order valence-electron chi connectivity index (χ3n) is 2.67. The molecule has 104 valence electrons. The molecular formula is C12H14ClNO3S2. The Kier molecular flexibility index (Phi) is 4.17. The quantitative estimate of drug-likeness (QED) is 0.910. The van der Waals surface area contributed by atoms with Gasteiger partial charge >= 0.3 is 0 Å². The van der Waals surface area contributed by atoms with Gasteiger partial charge in [0.1, 0.15) is 4.90 Å². The van der Waals surface area contributed by atoms with E-state index in [1.165, 1.54) is 11.3 Å². The van der Waals surface area contributed by atoms with E-state index in [9.17, 15) is 8.42 Å². The highest BCUT2D eigenvalue weighted by Crippen LogP contribution is 2.35. The first-order chi connectivity index (χ1) is 8.85. The second kappa shape index (κ2) is 5.38. The summed E-state index contributed by atoms with van der Waals surface area (Å²) in [6, 6.07) is 4.67. The molecule has 0 aliphatic heterocycles. The van der Waals surface area contributed by atoms with Crippen LogP contribution in [0, 0.1) is 6.92 Å². The summed E-state index contributed by atoms with van der Waals surface area (Å²) in [5.74, 6) is 0. The lowest BCUT2D eigenvalue weighted by atomic mass is 10.2. The van der Waals surface area contributed by atoms with E-state index in [0.717, 1.165) is 4.70 Å². The van der Waals surface area contributed by atoms with Gasteiger partial charge in [0.15, 0.2) is 0 Å². The van der Waals surface area contributed by atoms with Crippen LogP contribution < -0.4 is 4.72 Å². The Balaban J connectivity index is 2.61. The number of benzene rings is 1. The number of thiophene rings is 1. The van der Waals surface area contributed by atoms with Gasteiger partial charge in [-0.1, -0.05) is 11.6 Å². The molecule has 0 bridgehead atoms. The average Bonchev–Trinajstić information content (AvgIpc) is 2.64. The van der Waals surface area contributed by atoms with Gasteiger partial charge in [-0.3, -0.25) is 0 Å². The van der Waals surface area contributed by atoms with Gasteiger partial charge < -0.3 is 5.11 Å². The van der Waals surface area contributed by atoms with Gasteiger partial charge in [-0.15, -0.1) is 11.3 Å². The lowest BCUT2D eigenvalue weighted by Gasteiger charge is -2.11. The van der Waals surface area contributed by atoms with Crippen molar-refractivity contribution in [3.8, 4) is 0 Å². The van der Waals surface area contributed by atoms with Crippen LogP contribution in [-0.4, -0.2) is 26.2 Å². The van der Waals surface area contributed by atoms with Crippen LogP contribution in [0.15, 0.2) is 23.1 Å². The fourth-order valence-electron chi connectivity index (χ4n) is 1.86. The molecule has 7 heteroatoms. The summed E-state index contributed by atoms with van der Waals surface area (Å²) in [5.41, 5.74) is 0. The Morgan fingerprint density at radius 3 is 2.79 bits per heavy atom. The molecule has 2 aromatic rings. The van der Waals surface area contributed by atoms with Crippen molar-refractivity contribution in [3.63, 3.8) is 0 Å². The molecule has 4 nitrogen and oxygen atoms in total. The summed E-state index contributed by atoms with van der Waals surface area (Å²) in [6.45, 7) is 3.12. The van der Waals surface area contributed by atoms with Crippen molar-refractivity contribution in [1.29, 1.82) is 0 Å². The molecule has 0 amide bonds. The number of aliphatic hydroxyl groups excluding tert-OH is 1. The predicted octanol–water partition coefficient (Wildman–Crippen LogP) is 2.52. The molecular weight excluding hydrogens is 306 g/mol. The van der Waals surface area contributed by atoms with E-state index in [1.54, 1.807) is 26.0 Å². The maximum Gasteiger partial charge on any atom is 0.242 e. The van der Waals surface area contributed by atoms with E-state index in [1.807, 2.05) is 6.07 Å². The molecule has 1 heterocycles. The molecule has 19 heavy (non-hydrogen) atoms. The normalized spacial score (nSPS) is 13.9. The molecule has 0 saturated heterocycles. The zero-order chi connectivity index (χ0) is 14.2. The molecule has 1 aromatic carbocycles. The molecule has 0 aliphatic rings. The molecule has 0 fully saturated rings. The highest BCUT2D eigenvalue weighted by Gasteiger charge is 2.24. The lowest BCUT2D eigenvalue weighted by molar-refractivity contribution is 0.265. The molecule has 1 aromatic heterocycles. The van der Waals surface area contributed by atoms with E-state index in [2.05, 4.69) is 4.72 Å². The summed E-state index contributed by atoms with van der Waals surface area (Å²) >= 11 is 7.34. The maximum atomic E-state index is 12.4. The maximum absolute atomic E-state index is 12.4. The number of hydrogen-bond acceptors (Lipinski definition) is 4. The second-order valence-corrected chi connectivity index (χ2v) is 7.68. The number of aliphatic hydroxyl groups is 1. The van der Waals surface area contributed by atoms with E-state index in [-0.39, 0.29) is 11.5 Å². The van der Waals surface area contributed by atoms with Crippen LogP contribution in [0.25, 0.3) is 10.1 Å². The van der Waals surface area contributed by atoms with Crippen molar-refractivity contribution in [1.82, 2.24) is 4.72 Å². The molecule has 0 unspecified atom stereocenters. The van der Waals surface area contributed by atoms with Crippen LogP contribution in [0.2, 0.25) is 5.02 Å². The smallest absolute Gasteiger partial charge is 0.242 e. The number of sulfonamides is 1. The Hall–Kier alpha value is -0.660. The third-order valence-corrected chi connectivity index (χ3v) is 5.89. The van der Waals surface area contributed by atoms with E-state index >= 15 is 0 Å². The molecule has 0 spiro atoms. The Morgan fingerprint density at radius 1 is 1.47 bits per heavy atom. The SMILES string of the molecule is Cc1sc2ccc(Cl)cc2c1S(=O)(=O)N[C@H](C)CO. The van der Waals surface area contributed by atoms with Crippen molar-refractivity contribution in [2.24, 2.45) is 0 Å². The van der Waals surface area contributed by atoms with Crippen molar-refractivity contribution in [2.75, 3.05) is 6.61 Å². The topological polar surface area (TPSA) is 66.4 Å². The summed E-state index contributed by atoms with van der Waals surface area (Å²) < 4.78 is 28.0. The summed E-state index contributed by atoms with van der Waals surface area (Å²) in [6.07, 6.45) is 0. The van der Waals surface area contributed by atoms with Gasteiger partial charge in [0.05, 0.1) is 6.61 Å². The first kappa shape index (κ1) is 14.7. The first-order valence-corrected chi connectivity index (χ1v) is 8.34. The number of fused-ring (bicyclic) bond motifs is 1. The van der Waals surface area contributed by atoms with Crippen LogP contribution in [0.4, 0.5) is 0 Å². The molecule has 0 radical (unpaired) electrons. The Bertz CT molecular complexity index is 709. The molecule has 2 N–H and O–H groups in total. The third kappa shape index (κ3) is 2.93. The molecule has 0 saturated carbocycles. The standard InChI is InChI=1S/C12H14ClNO3S2/c1-7(6-15)14-19(16,17)12-8(2)18-11-4-3-9(13)5-10(11)12/h3-5,7,14-15H,6H2,1-2H3/t7-/m1/s1. The van der Waals surface area contributed by atoms with Crippen LogP contribution in [0.3, 0.4) is 0 Å². The van der Waals surface area contributed by atoms with Gasteiger partial charge in [0.2, 0.25) is 10.0 Å². The zero-order valence-corrected chi connectivity index (χ0v) is 12.9. The first-order valence-electron chi connectivity index (χ1n) is 5.67. The second-order valence-electron chi connectivity index (χ2n) is 4.33. The number of aryl methyl sites for hydroxylation is 1. The average molecular weight is 320 g/mol. The lowest BCUT2D eigenvalue weighted by Crippen LogP contribution is -2.35. The Labute approximate surface area is 121 Å². The van der Waals surface area contributed by atoms with Gasteiger partial charge in [-0.2, -0.15) is 0 Å². The van der Waals surface area contributed by atoms with E-state index in [0.29, 0.717) is 15.3 Å². The summed E-state index contributed by atoms with van der Waals surface area (Å²) in [5, 5.41) is 10.1. The van der Waals surface area contributed by atoms with E-state index in [4.69, 9.17) is 16.7 Å². The number of halogens is 1. The summed E-state index contributed by atoms with van der Waals surface area (Å²) in [4.78, 5) is 0.949. The summed E-state index contributed by atoms with van der Waals surface area (Å²) in [7, 11) is -3.66. The highest BCUT2D eigenvalue weighted by atomic mass is 35.5. The molecule has 2 rings (SSSR count). The fourth-order valence-corrected chi connectivity index (χ4v) is 5.05. The number of rotatable bonds is 4. The van der Waals surface area contributed by atoms with Crippen molar-refractivity contribution in [2.45, 2.75) is 24.8 Å². The minimum Gasteiger partial charge on any atom is -0.395 e. The van der Waals surface area contributed by atoms with Crippen molar-refractivity contribution >= 4 is 43.0 Å². The fraction of sp³-hybridized carbons (Fsp3) is 0.333. The molecule has 1 atom stereocenters. The largest absolute Gasteiger partial charge is 0.395 e. The minimum absolute atomic E-state index is 0.246. The zero-order valence-electron chi connectivity index (χ0n) is 10.5. The van der Waals surface area contributed by atoms with Crippen molar-refractivity contribution in [3.05, 3.63) is 28.1 Å². The number of hydrogen-bond donors (Lipinski definition) is 2. The van der Waals surface area contributed by atoms with Crippen LogP contribution in [-0.2, 0) is 10.0 Å². The van der Waals surface area contributed by atoms with Gasteiger partial charge in [-0.25, -0.2) is 13.1 Å². The minimum atomic E-state index is -3.66. The predicted molar refractivity (Wildman–Crippen MR) is 78.4 cm³/mol. The van der Waals surface area contributed by atoms with Crippen molar-refractivity contribution < 1.29 is 13.5 Å². The molecule has 0 aliphatic carbocycles. The monoisotopic (exact) mass is 319 g/mol. The van der Waals surface area contributed by atoms with Gasteiger partial charge in [0.25, 0.3) is 0 Å². The van der Waals surface area contributed by atoms with Gasteiger partial charge in [0, 0.05) is 26.0 Å². The highest BCUT2D eigenvalue weighted by molar-refractivity contribution is 7.90. The van der Waals surface area contributed by atoms with Gasteiger partial charge in [-0.05, 0) is 32.0 Å². The Morgan fingerprint density at radius 2 is 2.16 bits per heavy atom. The van der Waals surface area contributed by atoms with Crippen LogP contribution in [0.1, 0.15) is 11.8 Å². The number of nitrogens with one attached hydrogen (secondary N) is 1.